The first kappa shape index (κ1) is 11.0. The Kier molecular flexibility index (Phi) is 3.68. The molecule has 0 aliphatic carbocycles. The number of nitrogens with one attached hydrogen (secondary N) is 1. The Morgan fingerprint density at radius 3 is 2.47 bits per heavy atom. The molecule has 0 aliphatic heterocycles. The fourth-order valence-electron chi connectivity index (χ4n) is 1.01. The molecule has 5 heteroatoms. The van der Waals surface area contributed by atoms with Crippen LogP contribution in [0.25, 0.3) is 0 Å². The number of amides is 1. The van der Waals surface area contributed by atoms with E-state index in [1.54, 1.807) is 12.1 Å². The summed E-state index contributed by atoms with van der Waals surface area (Å²) in [7, 11) is 0. The summed E-state index contributed by atoms with van der Waals surface area (Å²) in [5.74, 6) is -1.50. The molecule has 0 heterocycles. The molecule has 0 unspecified atom stereocenters. The minimum atomic E-state index is -1.03. The third kappa shape index (κ3) is 3.68. The second-order valence-electron chi connectivity index (χ2n) is 2.96. The van der Waals surface area contributed by atoms with Crippen LogP contribution in [0.1, 0.15) is 12.8 Å². The Hall–Kier alpha value is -2.04. The van der Waals surface area contributed by atoms with Crippen molar-refractivity contribution in [2.75, 3.05) is 5.32 Å². The third-order valence-electron chi connectivity index (χ3n) is 1.74. The maximum atomic E-state index is 11.2. The Morgan fingerprint density at radius 1 is 1.20 bits per heavy atom. The van der Waals surface area contributed by atoms with Crippen molar-refractivity contribution >= 4 is 17.6 Å². The van der Waals surface area contributed by atoms with Crippen LogP contribution < -0.4 is 5.32 Å². The highest BCUT2D eigenvalue weighted by Crippen LogP contribution is 2.21. The van der Waals surface area contributed by atoms with Gasteiger partial charge in [-0.3, -0.25) is 9.59 Å². The van der Waals surface area contributed by atoms with Gasteiger partial charge in [0.2, 0.25) is 5.91 Å². The van der Waals surface area contributed by atoms with E-state index in [-0.39, 0.29) is 24.3 Å². The van der Waals surface area contributed by atoms with E-state index in [0.29, 0.717) is 0 Å². The van der Waals surface area contributed by atoms with Crippen LogP contribution >= 0.6 is 0 Å². The zero-order chi connectivity index (χ0) is 11.3. The van der Waals surface area contributed by atoms with Gasteiger partial charge in [-0.2, -0.15) is 0 Å². The van der Waals surface area contributed by atoms with E-state index < -0.39 is 11.9 Å². The molecule has 1 rings (SSSR count). The number of carbonyl (C=O) groups excluding carboxylic acids is 1. The van der Waals surface area contributed by atoms with Crippen LogP contribution in [0.3, 0.4) is 0 Å². The van der Waals surface area contributed by atoms with Crippen LogP contribution in [0.4, 0.5) is 5.69 Å². The molecule has 0 radical (unpaired) electrons. The fourth-order valence-corrected chi connectivity index (χ4v) is 1.01. The summed E-state index contributed by atoms with van der Waals surface area (Å²) in [6.45, 7) is 0. The van der Waals surface area contributed by atoms with Crippen molar-refractivity contribution in [1.82, 2.24) is 0 Å². The van der Waals surface area contributed by atoms with Crippen LogP contribution in [0.2, 0.25) is 0 Å². The molecule has 1 aromatic rings. The van der Waals surface area contributed by atoms with E-state index in [0.717, 1.165) is 0 Å². The van der Waals surface area contributed by atoms with Crippen LogP contribution in [0.5, 0.6) is 5.75 Å². The number of carboxylic acids is 1. The van der Waals surface area contributed by atoms with Gasteiger partial charge in [-0.1, -0.05) is 12.1 Å². The van der Waals surface area contributed by atoms with Gasteiger partial charge in [-0.05, 0) is 12.1 Å². The molecule has 0 fully saturated rings. The van der Waals surface area contributed by atoms with Crippen molar-refractivity contribution in [3.8, 4) is 5.75 Å². The normalized spacial score (nSPS) is 9.60. The number of hydrogen-bond acceptors (Lipinski definition) is 3. The van der Waals surface area contributed by atoms with Crippen molar-refractivity contribution in [2.45, 2.75) is 12.8 Å². The molecule has 15 heavy (non-hydrogen) atoms. The zero-order valence-electron chi connectivity index (χ0n) is 7.93. The Balaban J connectivity index is 2.52. The van der Waals surface area contributed by atoms with Crippen molar-refractivity contribution in [3.05, 3.63) is 24.3 Å². The van der Waals surface area contributed by atoms with E-state index in [1.807, 2.05) is 0 Å². The molecule has 3 N–H and O–H groups in total. The van der Waals surface area contributed by atoms with Gasteiger partial charge in [0, 0.05) is 6.42 Å². The van der Waals surface area contributed by atoms with Gasteiger partial charge in [0.25, 0.3) is 0 Å². The summed E-state index contributed by atoms with van der Waals surface area (Å²) >= 11 is 0. The average molecular weight is 209 g/mol. The second kappa shape index (κ2) is 4.99. The molecule has 1 aromatic carbocycles. The third-order valence-corrected chi connectivity index (χ3v) is 1.74. The molecule has 0 aromatic heterocycles. The Bertz CT molecular complexity index is 375. The standard InChI is InChI=1S/C10H11NO4/c12-8-4-2-1-3-7(8)11-9(13)5-6-10(14)15/h1-4,12H,5-6H2,(H,11,13)(H,14,15). The quantitative estimate of drug-likeness (QED) is 0.650. The summed E-state index contributed by atoms with van der Waals surface area (Å²) < 4.78 is 0. The zero-order valence-corrected chi connectivity index (χ0v) is 7.93. The maximum Gasteiger partial charge on any atom is 0.303 e. The summed E-state index contributed by atoms with van der Waals surface area (Å²) in [4.78, 5) is 21.4. The molecule has 0 saturated carbocycles. The van der Waals surface area contributed by atoms with Crippen LogP contribution in [0, 0.1) is 0 Å². The van der Waals surface area contributed by atoms with Gasteiger partial charge in [-0.25, -0.2) is 0 Å². The lowest BCUT2D eigenvalue weighted by atomic mass is 10.2. The van der Waals surface area contributed by atoms with Crippen molar-refractivity contribution in [3.63, 3.8) is 0 Å². The van der Waals surface area contributed by atoms with Crippen molar-refractivity contribution < 1.29 is 19.8 Å². The summed E-state index contributed by atoms with van der Waals surface area (Å²) in [5.41, 5.74) is 0.285. The molecule has 1 amide bonds. The SMILES string of the molecule is O=C(O)CCC(=O)Nc1ccccc1O. The lowest BCUT2D eigenvalue weighted by Crippen LogP contribution is -2.13. The van der Waals surface area contributed by atoms with Crippen LogP contribution in [-0.2, 0) is 9.59 Å². The number of aromatic hydroxyl groups is 1. The van der Waals surface area contributed by atoms with Crippen LogP contribution in [0.15, 0.2) is 24.3 Å². The first-order valence-corrected chi connectivity index (χ1v) is 4.39. The van der Waals surface area contributed by atoms with Crippen LogP contribution in [-0.4, -0.2) is 22.1 Å². The summed E-state index contributed by atoms with van der Waals surface area (Å²) in [5, 5.41) is 20.1. The molecule has 0 saturated heterocycles. The van der Waals surface area contributed by atoms with E-state index >= 15 is 0 Å². The average Bonchev–Trinajstić information content (AvgIpc) is 2.18. The fraction of sp³-hybridized carbons (Fsp3) is 0.200. The first-order valence-electron chi connectivity index (χ1n) is 4.39. The predicted molar refractivity (Wildman–Crippen MR) is 53.6 cm³/mol. The number of para-hydroxylation sites is 2. The molecule has 80 valence electrons. The minimum absolute atomic E-state index is 0.0406. The van der Waals surface area contributed by atoms with Gasteiger partial charge in [0.05, 0.1) is 12.1 Å². The molecular formula is C10H11NO4. The Morgan fingerprint density at radius 2 is 1.87 bits per heavy atom. The number of aliphatic carboxylic acids is 1. The highest BCUT2D eigenvalue weighted by atomic mass is 16.4. The van der Waals surface area contributed by atoms with E-state index in [2.05, 4.69) is 5.32 Å². The number of rotatable bonds is 4. The highest BCUT2D eigenvalue weighted by Gasteiger charge is 2.07. The van der Waals surface area contributed by atoms with Crippen molar-refractivity contribution in [2.24, 2.45) is 0 Å². The topological polar surface area (TPSA) is 86.6 Å². The molecule has 0 aliphatic rings. The van der Waals surface area contributed by atoms with Gasteiger partial charge < -0.3 is 15.5 Å². The number of benzene rings is 1. The minimum Gasteiger partial charge on any atom is -0.506 e. The van der Waals surface area contributed by atoms with Gasteiger partial charge in [0.1, 0.15) is 5.75 Å². The molecule has 0 spiro atoms. The van der Waals surface area contributed by atoms with Crippen molar-refractivity contribution in [1.29, 1.82) is 0 Å². The number of carbonyl (C=O) groups is 2. The molecule has 0 atom stereocenters. The predicted octanol–water partition coefficient (Wildman–Crippen LogP) is 1.20. The summed E-state index contributed by atoms with van der Waals surface area (Å²) in [6, 6.07) is 6.26. The smallest absolute Gasteiger partial charge is 0.303 e. The van der Waals surface area contributed by atoms with E-state index in [9.17, 15) is 14.7 Å². The molecular weight excluding hydrogens is 198 g/mol. The first-order chi connectivity index (χ1) is 7.09. The Labute approximate surface area is 86.4 Å². The number of carboxylic acid groups (broad SMARTS) is 1. The van der Waals surface area contributed by atoms with E-state index in [4.69, 9.17) is 5.11 Å². The van der Waals surface area contributed by atoms with Gasteiger partial charge in [0.15, 0.2) is 0 Å². The number of phenolic OH excluding ortho intramolecular Hbond substituents is 1. The molecule has 5 nitrogen and oxygen atoms in total. The van der Waals surface area contributed by atoms with E-state index in [1.165, 1.54) is 12.1 Å². The summed E-state index contributed by atoms with van der Waals surface area (Å²) in [6.07, 6.45) is -0.330. The number of phenols is 1. The molecule has 0 bridgehead atoms. The lowest BCUT2D eigenvalue weighted by Gasteiger charge is -2.05. The number of anilines is 1. The number of hydrogen-bond donors (Lipinski definition) is 3. The maximum absolute atomic E-state index is 11.2. The largest absolute Gasteiger partial charge is 0.506 e. The lowest BCUT2D eigenvalue weighted by molar-refractivity contribution is -0.138. The monoisotopic (exact) mass is 209 g/mol. The highest BCUT2D eigenvalue weighted by molar-refractivity contribution is 5.93. The second-order valence-corrected chi connectivity index (χ2v) is 2.96. The van der Waals surface area contributed by atoms with Gasteiger partial charge in [-0.15, -0.1) is 0 Å². The van der Waals surface area contributed by atoms with Gasteiger partial charge >= 0.3 is 5.97 Å².